The van der Waals surface area contributed by atoms with Crippen LogP contribution in [0.2, 0.25) is 0 Å². The Labute approximate surface area is 162 Å². The second-order valence-electron chi connectivity index (χ2n) is 5.65. The van der Waals surface area contributed by atoms with Gasteiger partial charge in [0.05, 0.1) is 15.6 Å². The quantitative estimate of drug-likeness (QED) is 0.655. The number of carbonyl (C=O) groups excluding carboxylic acids is 1. The van der Waals surface area contributed by atoms with Crippen molar-refractivity contribution in [1.82, 2.24) is 10.3 Å². The molecule has 27 heavy (non-hydrogen) atoms. The van der Waals surface area contributed by atoms with Gasteiger partial charge in [-0.15, -0.1) is 11.3 Å². The fourth-order valence-electron chi connectivity index (χ4n) is 2.58. The zero-order valence-electron chi connectivity index (χ0n) is 14.6. The van der Waals surface area contributed by atoms with Crippen LogP contribution in [0.4, 0.5) is 13.9 Å². The van der Waals surface area contributed by atoms with Gasteiger partial charge in [0.15, 0.2) is 5.13 Å². The maximum Gasteiger partial charge on any atom is 0.262 e. The van der Waals surface area contributed by atoms with Crippen molar-refractivity contribution in [2.75, 3.05) is 18.0 Å². The summed E-state index contributed by atoms with van der Waals surface area (Å²) >= 11 is 2.71. The fourth-order valence-corrected chi connectivity index (χ4v) is 4.82. The van der Waals surface area contributed by atoms with Gasteiger partial charge in [-0.25, -0.2) is 13.8 Å². The number of anilines is 1. The van der Waals surface area contributed by atoms with E-state index in [4.69, 9.17) is 0 Å². The number of rotatable bonds is 6. The summed E-state index contributed by atoms with van der Waals surface area (Å²) < 4.78 is 27.8. The van der Waals surface area contributed by atoms with Crippen molar-refractivity contribution in [2.45, 2.75) is 19.9 Å². The third kappa shape index (κ3) is 3.91. The molecule has 1 N–H and O–H groups in total. The van der Waals surface area contributed by atoms with E-state index in [9.17, 15) is 18.8 Å². The van der Waals surface area contributed by atoms with Crippen molar-refractivity contribution in [3.8, 4) is 6.07 Å². The number of hydrogen-bond acceptors (Lipinski definition) is 6. The van der Waals surface area contributed by atoms with E-state index >= 15 is 0 Å². The molecule has 3 aromatic rings. The number of nitrogens with one attached hydrogen (secondary N) is 1. The summed E-state index contributed by atoms with van der Waals surface area (Å²) in [6.45, 7) is 5.79. The molecule has 1 atom stereocenters. The molecule has 0 bridgehead atoms. The van der Waals surface area contributed by atoms with Gasteiger partial charge in [0, 0.05) is 24.7 Å². The van der Waals surface area contributed by atoms with Crippen LogP contribution in [-0.4, -0.2) is 24.0 Å². The van der Waals surface area contributed by atoms with Crippen LogP contribution in [0.1, 0.15) is 35.1 Å². The Morgan fingerprint density at radius 1 is 1.30 bits per heavy atom. The Bertz CT molecular complexity index is 989. The monoisotopic (exact) mass is 406 g/mol. The van der Waals surface area contributed by atoms with Gasteiger partial charge < -0.3 is 10.2 Å². The largest absolute Gasteiger partial charge is 0.349 e. The molecule has 140 valence electrons. The van der Waals surface area contributed by atoms with Crippen LogP contribution in [0.5, 0.6) is 0 Å². The Balaban J connectivity index is 1.80. The van der Waals surface area contributed by atoms with Crippen molar-refractivity contribution in [2.24, 2.45) is 0 Å². The van der Waals surface area contributed by atoms with Crippen LogP contribution in [-0.2, 0) is 0 Å². The Hall–Kier alpha value is -2.57. The van der Waals surface area contributed by atoms with E-state index in [0.29, 0.717) is 10.9 Å². The van der Waals surface area contributed by atoms with Crippen molar-refractivity contribution < 1.29 is 13.6 Å². The van der Waals surface area contributed by atoms with Gasteiger partial charge in [0.1, 0.15) is 22.5 Å². The molecule has 1 unspecified atom stereocenters. The van der Waals surface area contributed by atoms with Crippen LogP contribution < -0.4 is 10.2 Å². The lowest BCUT2D eigenvalue weighted by atomic mass is 10.1. The SMILES string of the molecule is CCN(CC)c1nc2sc(C(=O)NC(C#N)c3ccc(F)cc3F)cc2s1. The number of halogens is 2. The number of thiophene rings is 1. The first-order valence-electron chi connectivity index (χ1n) is 8.27. The topological polar surface area (TPSA) is 69.0 Å². The zero-order chi connectivity index (χ0) is 19.6. The standard InChI is InChI=1S/C18H16F2N4OS2/c1-3-24(4-2)18-23-17-15(27-18)8-14(26-17)16(25)22-13(9-21)11-6-5-10(19)7-12(11)20/h5-8,13H,3-4H2,1-2H3,(H,22,25). The van der Waals surface area contributed by atoms with Gasteiger partial charge in [0.2, 0.25) is 0 Å². The Kier molecular flexibility index (Phi) is 5.68. The molecule has 1 aromatic carbocycles. The molecule has 5 nitrogen and oxygen atoms in total. The first-order valence-corrected chi connectivity index (χ1v) is 9.90. The minimum Gasteiger partial charge on any atom is -0.349 e. The molecule has 0 radical (unpaired) electrons. The van der Waals surface area contributed by atoms with Crippen molar-refractivity contribution in [1.29, 1.82) is 5.26 Å². The summed E-state index contributed by atoms with van der Waals surface area (Å²) in [6, 6.07) is 5.24. The molecular weight excluding hydrogens is 390 g/mol. The van der Waals surface area contributed by atoms with Crippen molar-refractivity contribution in [3.63, 3.8) is 0 Å². The Morgan fingerprint density at radius 3 is 2.63 bits per heavy atom. The first kappa shape index (κ1) is 19.2. The molecule has 0 aliphatic rings. The maximum atomic E-state index is 13.9. The number of thiazole rings is 1. The predicted octanol–water partition coefficient (Wildman–Crippen LogP) is 4.48. The van der Waals surface area contributed by atoms with Gasteiger partial charge in [-0.3, -0.25) is 4.79 Å². The van der Waals surface area contributed by atoms with E-state index in [1.807, 2.05) is 6.07 Å². The number of hydrogen-bond donors (Lipinski definition) is 1. The summed E-state index contributed by atoms with van der Waals surface area (Å²) in [5.74, 6) is -2.11. The molecule has 0 saturated heterocycles. The highest BCUT2D eigenvalue weighted by molar-refractivity contribution is 7.29. The number of benzene rings is 1. The molecule has 0 aliphatic heterocycles. The summed E-state index contributed by atoms with van der Waals surface area (Å²) in [6.07, 6.45) is 0. The minimum atomic E-state index is -1.21. The van der Waals surface area contributed by atoms with Gasteiger partial charge in [-0.05, 0) is 26.0 Å². The van der Waals surface area contributed by atoms with Gasteiger partial charge in [-0.1, -0.05) is 17.4 Å². The fraction of sp³-hybridized carbons (Fsp3) is 0.278. The molecular formula is C18H16F2N4OS2. The Morgan fingerprint density at radius 2 is 2.04 bits per heavy atom. The van der Waals surface area contributed by atoms with E-state index in [1.54, 1.807) is 6.07 Å². The lowest BCUT2D eigenvalue weighted by molar-refractivity contribution is 0.0949. The zero-order valence-corrected chi connectivity index (χ0v) is 16.3. The van der Waals surface area contributed by atoms with Crippen LogP contribution in [0.25, 0.3) is 9.53 Å². The highest BCUT2D eigenvalue weighted by Crippen LogP contribution is 2.34. The van der Waals surface area contributed by atoms with Gasteiger partial charge in [-0.2, -0.15) is 5.26 Å². The maximum absolute atomic E-state index is 13.9. The highest BCUT2D eigenvalue weighted by atomic mass is 32.1. The average Bonchev–Trinajstić information content (AvgIpc) is 3.20. The summed E-state index contributed by atoms with van der Waals surface area (Å²) in [7, 11) is 0. The molecule has 0 fully saturated rings. The van der Waals surface area contributed by atoms with Crippen LogP contribution in [0.3, 0.4) is 0 Å². The summed E-state index contributed by atoms with van der Waals surface area (Å²) in [5.41, 5.74) is -0.0763. The molecule has 0 aliphatic carbocycles. The van der Waals surface area contributed by atoms with E-state index in [0.717, 1.165) is 39.9 Å². The van der Waals surface area contributed by atoms with E-state index in [1.165, 1.54) is 22.7 Å². The second kappa shape index (κ2) is 7.98. The average molecular weight is 406 g/mol. The van der Waals surface area contributed by atoms with Gasteiger partial charge in [0.25, 0.3) is 5.91 Å². The molecule has 9 heteroatoms. The smallest absolute Gasteiger partial charge is 0.262 e. The third-order valence-electron chi connectivity index (χ3n) is 4.01. The van der Waals surface area contributed by atoms with Crippen LogP contribution in [0, 0.1) is 23.0 Å². The van der Waals surface area contributed by atoms with E-state index < -0.39 is 23.6 Å². The number of nitriles is 1. The molecule has 3 rings (SSSR count). The lowest BCUT2D eigenvalue weighted by Gasteiger charge is -2.16. The van der Waals surface area contributed by atoms with E-state index in [2.05, 4.69) is 29.0 Å². The number of amides is 1. The second-order valence-corrected chi connectivity index (χ2v) is 7.69. The molecule has 1 amide bonds. The van der Waals surface area contributed by atoms with Crippen molar-refractivity contribution >= 4 is 43.2 Å². The predicted molar refractivity (Wildman–Crippen MR) is 103 cm³/mol. The minimum absolute atomic E-state index is 0.0763. The number of fused-ring (bicyclic) bond motifs is 1. The summed E-state index contributed by atoms with van der Waals surface area (Å²) in [4.78, 5) is 20.3. The summed E-state index contributed by atoms with van der Waals surface area (Å²) in [5, 5.41) is 12.7. The molecule has 2 aromatic heterocycles. The van der Waals surface area contributed by atoms with Crippen LogP contribution >= 0.6 is 22.7 Å². The third-order valence-corrected chi connectivity index (χ3v) is 6.23. The van der Waals surface area contributed by atoms with Crippen molar-refractivity contribution in [3.05, 3.63) is 46.3 Å². The van der Waals surface area contributed by atoms with Crippen LogP contribution in [0.15, 0.2) is 24.3 Å². The molecule has 0 saturated carbocycles. The normalized spacial score (nSPS) is 12.0. The number of aromatic nitrogens is 1. The first-order chi connectivity index (χ1) is 13.0. The highest BCUT2D eigenvalue weighted by Gasteiger charge is 2.21. The number of nitrogens with zero attached hydrogens (tertiary/aromatic N) is 3. The number of carbonyl (C=O) groups is 1. The molecule has 0 spiro atoms. The lowest BCUT2D eigenvalue weighted by Crippen LogP contribution is -2.27. The van der Waals surface area contributed by atoms with Gasteiger partial charge >= 0.3 is 0 Å². The molecule has 2 heterocycles. The van der Waals surface area contributed by atoms with E-state index in [-0.39, 0.29) is 5.56 Å².